The molecule has 0 aromatic heterocycles. The average Bonchev–Trinajstić information content (AvgIpc) is 2.58. The fourth-order valence-corrected chi connectivity index (χ4v) is 2.43. The molecule has 1 aliphatic carbocycles. The van der Waals surface area contributed by atoms with Gasteiger partial charge < -0.3 is 20.4 Å². The molecule has 0 aromatic rings. The molecule has 6 heteroatoms. The number of hydrogen-bond donors (Lipinski definition) is 3. The molecule has 0 unspecified atom stereocenters. The molecule has 2 rings (SSSR count). The number of carbonyl (C=O) groups is 2. The van der Waals surface area contributed by atoms with E-state index >= 15 is 0 Å². The Hall–Kier alpha value is -1.30. The van der Waals surface area contributed by atoms with Gasteiger partial charge >= 0.3 is 12.0 Å². The number of likely N-dealkylation sites (tertiary alicyclic amines) is 1. The van der Waals surface area contributed by atoms with Gasteiger partial charge in [0.25, 0.3) is 0 Å². The summed E-state index contributed by atoms with van der Waals surface area (Å²) in [7, 11) is 0. The number of carbonyl (C=O) groups excluding carboxylic acids is 1. The molecule has 1 saturated carbocycles. The number of aliphatic hydroxyl groups excluding tert-OH is 1. The summed E-state index contributed by atoms with van der Waals surface area (Å²) in [5, 5.41) is 21.3. The van der Waals surface area contributed by atoms with Gasteiger partial charge in [0.1, 0.15) is 6.04 Å². The number of carboxylic acids is 1. The quantitative estimate of drug-likeness (QED) is 0.643. The number of aliphatic carboxylic acids is 1. The zero-order valence-electron chi connectivity index (χ0n) is 9.85. The minimum absolute atomic E-state index is 0.0961. The molecule has 1 heterocycles. The SMILES string of the molecule is CC1(NC(=O)N2C[C@@H](O)C[C@H]2C(=O)O)CCC1. The molecule has 2 fully saturated rings. The van der Waals surface area contributed by atoms with E-state index in [1.54, 1.807) is 0 Å². The molecule has 1 saturated heterocycles. The third-order valence-electron chi connectivity index (χ3n) is 3.69. The van der Waals surface area contributed by atoms with E-state index in [2.05, 4.69) is 5.32 Å². The summed E-state index contributed by atoms with van der Waals surface area (Å²) < 4.78 is 0. The van der Waals surface area contributed by atoms with E-state index in [1.807, 2.05) is 6.92 Å². The fourth-order valence-electron chi connectivity index (χ4n) is 2.43. The number of amides is 2. The van der Waals surface area contributed by atoms with E-state index in [-0.39, 0.29) is 24.5 Å². The van der Waals surface area contributed by atoms with Gasteiger partial charge in [-0.15, -0.1) is 0 Å². The van der Waals surface area contributed by atoms with Gasteiger partial charge in [0.05, 0.1) is 6.10 Å². The van der Waals surface area contributed by atoms with Gasteiger partial charge in [-0.05, 0) is 26.2 Å². The standard InChI is InChI=1S/C11H18N2O4/c1-11(3-2-4-11)12-10(17)13-6-7(14)5-8(13)9(15)16/h7-8,14H,2-6H2,1H3,(H,12,17)(H,15,16)/t7-,8-/m0/s1. The summed E-state index contributed by atoms with van der Waals surface area (Å²) in [6.07, 6.45) is 2.30. The van der Waals surface area contributed by atoms with Crippen LogP contribution in [0.25, 0.3) is 0 Å². The van der Waals surface area contributed by atoms with Crippen LogP contribution in [0.3, 0.4) is 0 Å². The molecule has 1 aliphatic heterocycles. The van der Waals surface area contributed by atoms with E-state index in [4.69, 9.17) is 5.11 Å². The highest BCUT2D eigenvalue weighted by molar-refractivity contribution is 5.83. The topological polar surface area (TPSA) is 89.9 Å². The molecule has 2 atom stereocenters. The number of carboxylic acid groups (broad SMARTS) is 1. The van der Waals surface area contributed by atoms with Crippen LogP contribution < -0.4 is 5.32 Å². The normalized spacial score (nSPS) is 30.8. The number of urea groups is 1. The van der Waals surface area contributed by atoms with Crippen molar-refractivity contribution in [1.82, 2.24) is 10.2 Å². The molecule has 96 valence electrons. The average molecular weight is 242 g/mol. The van der Waals surface area contributed by atoms with Gasteiger partial charge in [0.2, 0.25) is 0 Å². The van der Waals surface area contributed by atoms with Crippen LogP contribution >= 0.6 is 0 Å². The molecule has 0 radical (unpaired) electrons. The van der Waals surface area contributed by atoms with E-state index in [0.717, 1.165) is 19.3 Å². The summed E-state index contributed by atoms with van der Waals surface area (Å²) in [6, 6.07) is -1.29. The van der Waals surface area contributed by atoms with Crippen molar-refractivity contribution in [1.29, 1.82) is 0 Å². The van der Waals surface area contributed by atoms with E-state index in [0.29, 0.717) is 0 Å². The first kappa shape index (κ1) is 12.2. The fraction of sp³-hybridized carbons (Fsp3) is 0.818. The Morgan fingerprint density at radius 2 is 2.06 bits per heavy atom. The van der Waals surface area contributed by atoms with E-state index < -0.39 is 18.1 Å². The summed E-state index contributed by atoms with van der Waals surface area (Å²) in [6.45, 7) is 2.05. The van der Waals surface area contributed by atoms with Gasteiger partial charge in [-0.3, -0.25) is 0 Å². The van der Waals surface area contributed by atoms with Crippen LogP contribution in [0.15, 0.2) is 0 Å². The first-order chi connectivity index (χ1) is 7.91. The van der Waals surface area contributed by atoms with Crippen molar-refractivity contribution in [3.05, 3.63) is 0 Å². The second-order valence-corrected chi connectivity index (χ2v) is 5.24. The van der Waals surface area contributed by atoms with E-state index in [9.17, 15) is 14.7 Å². The lowest BCUT2D eigenvalue weighted by Crippen LogP contribution is -2.57. The molecule has 17 heavy (non-hydrogen) atoms. The van der Waals surface area contributed by atoms with Crippen molar-refractivity contribution in [2.75, 3.05) is 6.54 Å². The highest BCUT2D eigenvalue weighted by Crippen LogP contribution is 2.31. The van der Waals surface area contributed by atoms with Crippen LogP contribution in [-0.2, 0) is 4.79 Å². The lowest BCUT2D eigenvalue weighted by Gasteiger charge is -2.40. The minimum atomic E-state index is -1.06. The Labute approximate surface area is 99.6 Å². The second-order valence-electron chi connectivity index (χ2n) is 5.24. The molecular formula is C11H18N2O4. The van der Waals surface area contributed by atoms with Crippen molar-refractivity contribution in [2.45, 2.75) is 50.3 Å². The van der Waals surface area contributed by atoms with Crippen molar-refractivity contribution in [2.24, 2.45) is 0 Å². The Balaban J connectivity index is 2.00. The van der Waals surface area contributed by atoms with Crippen molar-refractivity contribution in [3.8, 4) is 0 Å². The minimum Gasteiger partial charge on any atom is -0.480 e. The molecular weight excluding hydrogens is 224 g/mol. The zero-order valence-corrected chi connectivity index (χ0v) is 9.85. The first-order valence-electron chi connectivity index (χ1n) is 5.91. The summed E-state index contributed by atoms with van der Waals surface area (Å²) in [5.74, 6) is -1.06. The Morgan fingerprint density at radius 1 is 1.41 bits per heavy atom. The van der Waals surface area contributed by atoms with Gasteiger partial charge in [0, 0.05) is 18.5 Å². The molecule has 0 bridgehead atoms. The Kier molecular flexibility index (Phi) is 2.99. The predicted molar refractivity (Wildman–Crippen MR) is 59.5 cm³/mol. The van der Waals surface area contributed by atoms with Gasteiger partial charge in [-0.25, -0.2) is 9.59 Å². The van der Waals surface area contributed by atoms with Gasteiger partial charge in [-0.2, -0.15) is 0 Å². The number of β-amino-alcohol motifs (C(OH)–C–C–N with tert-alkyl or cyclic N) is 1. The number of aliphatic hydroxyl groups is 1. The summed E-state index contributed by atoms with van der Waals surface area (Å²) in [4.78, 5) is 24.2. The maximum Gasteiger partial charge on any atom is 0.326 e. The zero-order chi connectivity index (χ0) is 12.6. The van der Waals surface area contributed by atoms with Crippen molar-refractivity contribution in [3.63, 3.8) is 0 Å². The van der Waals surface area contributed by atoms with Crippen molar-refractivity contribution >= 4 is 12.0 Å². The molecule has 2 aliphatic rings. The third kappa shape index (κ3) is 2.36. The largest absolute Gasteiger partial charge is 0.480 e. The van der Waals surface area contributed by atoms with Crippen LogP contribution in [0.5, 0.6) is 0 Å². The van der Waals surface area contributed by atoms with E-state index in [1.165, 1.54) is 4.90 Å². The van der Waals surface area contributed by atoms with Crippen LogP contribution in [-0.4, -0.2) is 51.3 Å². The highest BCUT2D eigenvalue weighted by Gasteiger charge is 2.42. The second kappa shape index (κ2) is 4.18. The number of nitrogens with one attached hydrogen (secondary N) is 1. The van der Waals surface area contributed by atoms with Crippen LogP contribution in [0, 0.1) is 0 Å². The molecule has 2 amide bonds. The maximum absolute atomic E-state index is 12.0. The monoisotopic (exact) mass is 242 g/mol. The van der Waals surface area contributed by atoms with Gasteiger partial charge in [0.15, 0.2) is 0 Å². The highest BCUT2D eigenvalue weighted by atomic mass is 16.4. The maximum atomic E-state index is 12.0. The lowest BCUT2D eigenvalue weighted by molar-refractivity contribution is -0.141. The Bertz CT molecular complexity index is 340. The van der Waals surface area contributed by atoms with Crippen LogP contribution in [0.1, 0.15) is 32.6 Å². The molecule has 6 nitrogen and oxygen atoms in total. The lowest BCUT2D eigenvalue weighted by atomic mass is 9.79. The summed E-state index contributed by atoms with van der Waals surface area (Å²) >= 11 is 0. The van der Waals surface area contributed by atoms with Crippen LogP contribution in [0.2, 0.25) is 0 Å². The molecule has 0 aromatic carbocycles. The number of hydrogen-bond acceptors (Lipinski definition) is 3. The summed E-state index contributed by atoms with van der Waals surface area (Å²) in [5.41, 5.74) is -0.201. The Morgan fingerprint density at radius 3 is 2.53 bits per heavy atom. The first-order valence-corrected chi connectivity index (χ1v) is 5.91. The predicted octanol–water partition coefficient (Wildman–Crippen LogP) is 0.158. The molecule has 0 spiro atoms. The smallest absolute Gasteiger partial charge is 0.326 e. The van der Waals surface area contributed by atoms with Crippen molar-refractivity contribution < 1.29 is 19.8 Å². The number of rotatable bonds is 2. The van der Waals surface area contributed by atoms with Crippen LogP contribution in [0.4, 0.5) is 4.79 Å². The number of nitrogens with zero attached hydrogens (tertiary/aromatic N) is 1. The molecule has 3 N–H and O–H groups in total. The van der Waals surface area contributed by atoms with Gasteiger partial charge in [-0.1, -0.05) is 0 Å². The third-order valence-corrected chi connectivity index (χ3v) is 3.69.